The van der Waals surface area contributed by atoms with Crippen LogP contribution in [-0.4, -0.2) is 18.4 Å². The molecule has 0 radical (unpaired) electrons. The third kappa shape index (κ3) is 3.74. The van der Waals surface area contributed by atoms with E-state index in [2.05, 4.69) is 33.4 Å². The van der Waals surface area contributed by atoms with Gasteiger partial charge in [0.15, 0.2) is 5.78 Å². The Bertz CT molecular complexity index is 1060. The number of carbonyl (C=O) groups excluding carboxylic acids is 2. The Morgan fingerprint density at radius 3 is 2.50 bits per heavy atom. The molecule has 0 unspecified atom stereocenters. The van der Waals surface area contributed by atoms with Gasteiger partial charge >= 0.3 is 5.97 Å². The molecule has 1 N–H and O–H groups in total. The summed E-state index contributed by atoms with van der Waals surface area (Å²) in [4.78, 5) is 26.4. The Morgan fingerprint density at radius 1 is 1.10 bits per heavy atom. The molecule has 4 rings (SSSR count). The Labute approximate surface area is 185 Å². The van der Waals surface area contributed by atoms with Gasteiger partial charge in [-0.1, -0.05) is 64.5 Å². The first-order valence-electron chi connectivity index (χ1n) is 10.2. The van der Waals surface area contributed by atoms with E-state index in [4.69, 9.17) is 4.74 Å². The van der Waals surface area contributed by atoms with E-state index in [1.54, 1.807) is 6.92 Å². The average Bonchev–Trinajstić information content (AvgIpc) is 2.74. The smallest absolute Gasteiger partial charge is 0.336 e. The first-order valence-corrected chi connectivity index (χ1v) is 11.0. The third-order valence-electron chi connectivity index (χ3n) is 5.81. The lowest BCUT2D eigenvalue weighted by Gasteiger charge is -2.37. The molecule has 2 atom stereocenters. The van der Waals surface area contributed by atoms with Crippen molar-refractivity contribution in [3.8, 4) is 0 Å². The second-order valence-electron chi connectivity index (χ2n) is 7.67. The van der Waals surface area contributed by atoms with Gasteiger partial charge in [0.05, 0.1) is 12.2 Å². The summed E-state index contributed by atoms with van der Waals surface area (Å²) in [7, 11) is 0. The molecule has 0 saturated carbocycles. The maximum absolute atomic E-state index is 13.5. The number of dihydropyridines is 1. The lowest BCUT2D eigenvalue weighted by Crippen LogP contribution is -2.36. The Balaban J connectivity index is 1.82. The van der Waals surface area contributed by atoms with Gasteiger partial charge in [0, 0.05) is 33.8 Å². The van der Waals surface area contributed by atoms with Crippen molar-refractivity contribution in [1.82, 2.24) is 5.32 Å². The van der Waals surface area contributed by atoms with Crippen LogP contribution in [0.3, 0.4) is 0 Å². The zero-order valence-corrected chi connectivity index (χ0v) is 18.7. The van der Waals surface area contributed by atoms with Crippen LogP contribution >= 0.6 is 15.9 Å². The molecule has 0 fully saturated rings. The number of carbonyl (C=O) groups is 2. The molecular weight excluding hydrogens is 442 g/mol. The second kappa shape index (κ2) is 8.60. The summed E-state index contributed by atoms with van der Waals surface area (Å²) in [5.41, 5.74) is 4.91. The van der Waals surface area contributed by atoms with Gasteiger partial charge in [-0.25, -0.2) is 4.79 Å². The highest BCUT2D eigenvalue weighted by Crippen LogP contribution is 2.47. The average molecular weight is 466 g/mol. The lowest BCUT2D eigenvalue weighted by atomic mass is 9.72. The Morgan fingerprint density at radius 2 is 1.80 bits per heavy atom. The topological polar surface area (TPSA) is 55.4 Å². The van der Waals surface area contributed by atoms with Crippen molar-refractivity contribution in [2.45, 2.75) is 38.5 Å². The van der Waals surface area contributed by atoms with Crippen molar-refractivity contribution in [3.63, 3.8) is 0 Å². The first-order chi connectivity index (χ1) is 14.5. The van der Waals surface area contributed by atoms with Crippen LogP contribution in [0.5, 0.6) is 0 Å². The molecule has 0 saturated heterocycles. The van der Waals surface area contributed by atoms with E-state index in [9.17, 15) is 9.59 Å². The monoisotopic (exact) mass is 465 g/mol. The molecular formula is C25H24BrNO3. The largest absolute Gasteiger partial charge is 0.463 e. The minimum Gasteiger partial charge on any atom is -0.463 e. The van der Waals surface area contributed by atoms with Crippen molar-refractivity contribution in [2.75, 3.05) is 6.61 Å². The van der Waals surface area contributed by atoms with Crippen molar-refractivity contribution < 1.29 is 14.3 Å². The predicted molar refractivity (Wildman–Crippen MR) is 120 cm³/mol. The highest BCUT2D eigenvalue weighted by atomic mass is 79.9. The molecule has 1 aliphatic heterocycles. The number of Topliss-reactive ketones (excluding diaryl/α,β-unsaturated/α-hetero) is 1. The first kappa shape index (κ1) is 20.6. The number of allylic oxidation sites excluding steroid dienone is 3. The highest BCUT2D eigenvalue weighted by Gasteiger charge is 2.41. The lowest BCUT2D eigenvalue weighted by molar-refractivity contribution is -0.138. The van der Waals surface area contributed by atoms with Crippen molar-refractivity contribution in [1.29, 1.82) is 0 Å². The summed E-state index contributed by atoms with van der Waals surface area (Å²) in [5, 5.41) is 3.38. The molecule has 0 aromatic heterocycles. The normalized spacial score (nSPS) is 21.2. The molecule has 0 bridgehead atoms. The molecule has 0 spiro atoms. The van der Waals surface area contributed by atoms with Gasteiger partial charge in [-0.2, -0.15) is 0 Å². The maximum Gasteiger partial charge on any atom is 0.336 e. The van der Waals surface area contributed by atoms with Gasteiger partial charge in [-0.3, -0.25) is 4.79 Å². The summed E-state index contributed by atoms with van der Waals surface area (Å²) >= 11 is 3.62. The standard InChI is InChI=1S/C25H24BrNO3/c1-3-30-25(29)22-15(2)27-20-13-17(16-9-5-4-6-10-16)14-21(28)24(20)23(22)18-11-7-8-12-19(18)26/h4-12,17,23,27H,3,13-14H2,1-2H3/t17-,23+/m1/s1. The number of halogens is 1. The molecule has 154 valence electrons. The SMILES string of the molecule is CCOC(=O)C1=C(C)NC2=C(C(=O)C[C@H](c3ccccc3)C2)[C@H]1c1ccccc1Br. The molecule has 4 nitrogen and oxygen atoms in total. The summed E-state index contributed by atoms with van der Waals surface area (Å²) in [6.07, 6.45) is 1.17. The fraction of sp³-hybridized carbons (Fsp3) is 0.280. The third-order valence-corrected chi connectivity index (χ3v) is 6.53. The Hall–Kier alpha value is -2.66. The van der Waals surface area contributed by atoms with Crippen LogP contribution in [-0.2, 0) is 14.3 Å². The number of hydrogen-bond acceptors (Lipinski definition) is 4. The zero-order chi connectivity index (χ0) is 21.3. The number of hydrogen-bond donors (Lipinski definition) is 1. The molecule has 0 amide bonds. The zero-order valence-electron chi connectivity index (χ0n) is 17.1. The fourth-order valence-corrected chi connectivity index (χ4v) is 5.01. The molecule has 1 aliphatic carbocycles. The van der Waals surface area contributed by atoms with Crippen molar-refractivity contribution in [3.05, 3.63) is 92.7 Å². The van der Waals surface area contributed by atoms with Gasteiger partial charge in [-0.15, -0.1) is 0 Å². The van der Waals surface area contributed by atoms with E-state index < -0.39 is 5.92 Å². The van der Waals surface area contributed by atoms with Crippen LogP contribution in [0, 0.1) is 0 Å². The number of rotatable bonds is 4. The summed E-state index contributed by atoms with van der Waals surface area (Å²) in [6, 6.07) is 17.9. The van der Waals surface area contributed by atoms with E-state index in [0.717, 1.165) is 33.4 Å². The van der Waals surface area contributed by atoms with Gasteiger partial charge in [0.2, 0.25) is 0 Å². The molecule has 30 heavy (non-hydrogen) atoms. The van der Waals surface area contributed by atoms with Crippen molar-refractivity contribution in [2.24, 2.45) is 0 Å². The quantitative estimate of drug-likeness (QED) is 0.616. The molecule has 2 aliphatic rings. The number of esters is 1. The van der Waals surface area contributed by atoms with E-state index in [-0.39, 0.29) is 24.3 Å². The maximum atomic E-state index is 13.5. The van der Waals surface area contributed by atoms with E-state index in [0.29, 0.717) is 17.6 Å². The van der Waals surface area contributed by atoms with Crippen LogP contribution in [0.25, 0.3) is 0 Å². The fourth-order valence-electron chi connectivity index (χ4n) is 4.50. The molecule has 2 aromatic rings. The molecule has 5 heteroatoms. The Kier molecular flexibility index (Phi) is 5.91. The minimum absolute atomic E-state index is 0.0765. The molecule has 2 aromatic carbocycles. The van der Waals surface area contributed by atoms with Crippen LogP contribution < -0.4 is 5.32 Å². The van der Waals surface area contributed by atoms with E-state index in [1.165, 1.54) is 0 Å². The highest BCUT2D eigenvalue weighted by molar-refractivity contribution is 9.10. The van der Waals surface area contributed by atoms with Crippen molar-refractivity contribution >= 4 is 27.7 Å². The summed E-state index contributed by atoms with van der Waals surface area (Å²) < 4.78 is 6.23. The number of nitrogens with one attached hydrogen (secondary N) is 1. The van der Waals surface area contributed by atoms with Gasteiger partial charge in [-0.05, 0) is 43.4 Å². The number of ketones is 1. The predicted octanol–water partition coefficient (Wildman–Crippen LogP) is 5.37. The van der Waals surface area contributed by atoms with Gasteiger partial charge < -0.3 is 10.1 Å². The van der Waals surface area contributed by atoms with Crippen LogP contribution in [0.1, 0.15) is 49.7 Å². The van der Waals surface area contributed by atoms with E-state index in [1.807, 2.05) is 49.4 Å². The summed E-state index contributed by atoms with van der Waals surface area (Å²) in [5.74, 6) is -0.623. The van der Waals surface area contributed by atoms with E-state index >= 15 is 0 Å². The minimum atomic E-state index is -0.444. The summed E-state index contributed by atoms with van der Waals surface area (Å²) in [6.45, 7) is 3.96. The number of ether oxygens (including phenoxy) is 1. The van der Waals surface area contributed by atoms with Crippen LogP contribution in [0.2, 0.25) is 0 Å². The van der Waals surface area contributed by atoms with Crippen LogP contribution in [0.4, 0.5) is 0 Å². The van der Waals surface area contributed by atoms with Gasteiger partial charge in [0.25, 0.3) is 0 Å². The number of benzene rings is 2. The van der Waals surface area contributed by atoms with Crippen LogP contribution in [0.15, 0.2) is 81.6 Å². The second-order valence-corrected chi connectivity index (χ2v) is 8.52. The molecule has 1 heterocycles. The van der Waals surface area contributed by atoms with Gasteiger partial charge in [0.1, 0.15) is 0 Å².